The zero-order valence-electron chi connectivity index (χ0n) is 12.9. The fourth-order valence-electron chi connectivity index (χ4n) is 1.92. The van der Waals surface area contributed by atoms with Gasteiger partial charge in [0.15, 0.2) is 0 Å². The van der Waals surface area contributed by atoms with Crippen LogP contribution in [0.4, 0.5) is 5.69 Å². The van der Waals surface area contributed by atoms with E-state index in [1.54, 1.807) is 19.9 Å². The molecule has 118 valence electrons. The number of sulfonamides is 1. The van der Waals surface area contributed by atoms with Gasteiger partial charge in [0.2, 0.25) is 15.9 Å². The molecule has 21 heavy (non-hydrogen) atoms. The molecule has 1 aromatic carbocycles. The van der Waals surface area contributed by atoms with Gasteiger partial charge in [0.1, 0.15) is 0 Å². The highest BCUT2D eigenvalue weighted by Gasteiger charge is 2.27. The Bertz CT molecular complexity index is 624. The Morgan fingerprint density at radius 3 is 2.52 bits per heavy atom. The van der Waals surface area contributed by atoms with Gasteiger partial charge in [0, 0.05) is 5.69 Å². The van der Waals surface area contributed by atoms with Gasteiger partial charge in [-0.1, -0.05) is 19.4 Å². The molecule has 1 amide bonds. The monoisotopic (exact) mass is 313 g/mol. The molecule has 6 nitrogen and oxygen atoms in total. The van der Waals surface area contributed by atoms with Crippen molar-refractivity contribution in [2.45, 2.75) is 44.0 Å². The molecule has 1 unspecified atom stereocenters. The molecule has 0 aliphatic carbocycles. The van der Waals surface area contributed by atoms with E-state index in [0.29, 0.717) is 12.1 Å². The van der Waals surface area contributed by atoms with Crippen LogP contribution in [-0.4, -0.2) is 26.9 Å². The predicted octanol–water partition coefficient (Wildman–Crippen LogP) is 1.36. The first-order valence-corrected chi connectivity index (χ1v) is 8.27. The van der Waals surface area contributed by atoms with Gasteiger partial charge in [-0.15, -0.1) is 0 Å². The highest BCUT2D eigenvalue weighted by Crippen LogP contribution is 2.21. The zero-order valence-corrected chi connectivity index (χ0v) is 13.7. The normalized spacial score (nSPS) is 14.5. The Labute approximate surface area is 126 Å². The van der Waals surface area contributed by atoms with E-state index in [1.165, 1.54) is 19.2 Å². The average molecular weight is 313 g/mol. The van der Waals surface area contributed by atoms with Crippen molar-refractivity contribution in [2.75, 3.05) is 12.4 Å². The van der Waals surface area contributed by atoms with Gasteiger partial charge in [0.05, 0.1) is 10.4 Å². The van der Waals surface area contributed by atoms with Crippen molar-refractivity contribution in [1.82, 2.24) is 4.72 Å². The maximum atomic E-state index is 12.2. The minimum atomic E-state index is -3.55. The van der Waals surface area contributed by atoms with Gasteiger partial charge in [-0.05, 0) is 45.0 Å². The highest BCUT2D eigenvalue weighted by atomic mass is 32.2. The third-order valence-corrected chi connectivity index (χ3v) is 4.74. The third kappa shape index (κ3) is 4.26. The fourth-order valence-corrected chi connectivity index (χ4v) is 2.67. The molecule has 1 rings (SSSR count). The molecule has 0 bridgehead atoms. The number of amides is 1. The molecule has 0 saturated heterocycles. The molecular formula is C14H23N3O3S. The van der Waals surface area contributed by atoms with Crippen LogP contribution in [0.15, 0.2) is 23.1 Å². The van der Waals surface area contributed by atoms with Gasteiger partial charge in [-0.3, -0.25) is 4.79 Å². The Kier molecular flexibility index (Phi) is 5.49. The molecule has 4 N–H and O–H groups in total. The molecule has 1 atom stereocenters. The van der Waals surface area contributed by atoms with Crippen LogP contribution in [-0.2, 0) is 14.8 Å². The Balaban J connectivity index is 3.09. The quantitative estimate of drug-likeness (QED) is 0.738. The standard InChI is InChI=1S/C14H23N3O3S/c1-5-8-14(3,15)13(18)17-12-9-11(7-6-10(12)2)21(19,20)16-4/h6-7,9,16H,5,8,15H2,1-4H3,(H,17,18). The van der Waals surface area contributed by atoms with E-state index in [2.05, 4.69) is 10.0 Å². The van der Waals surface area contributed by atoms with E-state index >= 15 is 0 Å². The summed E-state index contributed by atoms with van der Waals surface area (Å²) in [4.78, 5) is 12.3. The van der Waals surface area contributed by atoms with Gasteiger partial charge in [0.25, 0.3) is 0 Å². The number of nitrogens with two attached hydrogens (primary N) is 1. The predicted molar refractivity (Wildman–Crippen MR) is 83.6 cm³/mol. The van der Waals surface area contributed by atoms with Crippen LogP contribution < -0.4 is 15.8 Å². The summed E-state index contributed by atoms with van der Waals surface area (Å²) in [6.07, 6.45) is 1.33. The summed E-state index contributed by atoms with van der Waals surface area (Å²) >= 11 is 0. The van der Waals surface area contributed by atoms with Crippen molar-refractivity contribution in [1.29, 1.82) is 0 Å². The Morgan fingerprint density at radius 2 is 2.00 bits per heavy atom. The lowest BCUT2D eigenvalue weighted by molar-refractivity contribution is -0.120. The molecule has 0 heterocycles. The first-order valence-electron chi connectivity index (χ1n) is 6.78. The maximum Gasteiger partial charge on any atom is 0.244 e. The van der Waals surface area contributed by atoms with Crippen molar-refractivity contribution in [3.8, 4) is 0 Å². The number of hydrogen-bond acceptors (Lipinski definition) is 4. The maximum absolute atomic E-state index is 12.2. The average Bonchev–Trinajstić information content (AvgIpc) is 2.40. The topological polar surface area (TPSA) is 101 Å². The molecule has 7 heteroatoms. The summed E-state index contributed by atoms with van der Waals surface area (Å²) in [7, 11) is -2.21. The molecule has 1 aromatic rings. The second-order valence-corrected chi connectivity index (χ2v) is 7.19. The molecule has 0 fully saturated rings. The second kappa shape index (κ2) is 6.55. The SMILES string of the molecule is CCCC(C)(N)C(=O)Nc1cc(S(=O)(=O)NC)ccc1C. The van der Waals surface area contributed by atoms with Gasteiger partial charge in [-0.2, -0.15) is 0 Å². The van der Waals surface area contributed by atoms with Crippen molar-refractivity contribution in [3.05, 3.63) is 23.8 Å². The largest absolute Gasteiger partial charge is 0.324 e. The number of anilines is 1. The van der Waals surface area contributed by atoms with Crippen LogP contribution in [0, 0.1) is 6.92 Å². The lowest BCUT2D eigenvalue weighted by Gasteiger charge is -2.23. The Morgan fingerprint density at radius 1 is 1.38 bits per heavy atom. The number of rotatable bonds is 6. The molecule has 0 spiro atoms. The number of aryl methyl sites for hydroxylation is 1. The van der Waals surface area contributed by atoms with Crippen LogP contribution >= 0.6 is 0 Å². The Hall–Kier alpha value is -1.44. The van der Waals surface area contributed by atoms with Crippen LogP contribution in [0.5, 0.6) is 0 Å². The molecule has 0 aliphatic heterocycles. The van der Waals surface area contributed by atoms with E-state index in [4.69, 9.17) is 5.73 Å². The van der Waals surface area contributed by atoms with E-state index in [9.17, 15) is 13.2 Å². The lowest BCUT2D eigenvalue weighted by atomic mass is 9.96. The van der Waals surface area contributed by atoms with Crippen LogP contribution in [0.2, 0.25) is 0 Å². The zero-order chi connectivity index (χ0) is 16.3. The number of nitrogens with one attached hydrogen (secondary N) is 2. The summed E-state index contributed by atoms with van der Waals surface area (Å²) in [6.45, 7) is 5.40. The summed E-state index contributed by atoms with van der Waals surface area (Å²) in [5.41, 5.74) is 6.21. The summed E-state index contributed by atoms with van der Waals surface area (Å²) < 4.78 is 25.8. The van der Waals surface area contributed by atoms with E-state index in [-0.39, 0.29) is 10.8 Å². The first kappa shape index (κ1) is 17.6. The van der Waals surface area contributed by atoms with E-state index < -0.39 is 15.6 Å². The van der Waals surface area contributed by atoms with Crippen molar-refractivity contribution in [2.24, 2.45) is 5.73 Å². The molecule has 0 aromatic heterocycles. The number of carbonyl (C=O) groups excluding carboxylic acids is 1. The minimum Gasteiger partial charge on any atom is -0.324 e. The molecule has 0 saturated carbocycles. The minimum absolute atomic E-state index is 0.0973. The van der Waals surface area contributed by atoms with Gasteiger partial charge >= 0.3 is 0 Å². The summed E-state index contributed by atoms with van der Waals surface area (Å²) in [6, 6.07) is 4.57. The smallest absolute Gasteiger partial charge is 0.244 e. The third-order valence-electron chi connectivity index (χ3n) is 3.32. The number of benzene rings is 1. The highest BCUT2D eigenvalue weighted by molar-refractivity contribution is 7.89. The van der Waals surface area contributed by atoms with Crippen LogP contribution in [0.3, 0.4) is 0 Å². The van der Waals surface area contributed by atoms with E-state index in [0.717, 1.165) is 12.0 Å². The van der Waals surface area contributed by atoms with Crippen LogP contribution in [0.1, 0.15) is 32.3 Å². The van der Waals surface area contributed by atoms with Crippen molar-refractivity contribution < 1.29 is 13.2 Å². The first-order chi connectivity index (χ1) is 9.64. The number of hydrogen-bond donors (Lipinski definition) is 3. The van der Waals surface area contributed by atoms with Crippen molar-refractivity contribution in [3.63, 3.8) is 0 Å². The van der Waals surface area contributed by atoms with E-state index in [1.807, 2.05) is 6.92 Å². The van der Waals surface area contributed by atoms with Gasteiger partial charge in [-0.25, -0.2) is 13.1 Å². The summed E-state index contributed by atoms with van der Waals surface area (Å²) in [5, 5.41) is 2.72. The molecular weight excluding hydrogens is 290 g/mol. The molecule has 0 radical (unpaired) electrons. The molecule has 0 aliphatic rings. The number of carbonyl (C=O) groups is 1. The van der Waals surface area contributed by atoms with Crippen molar-refractivity contribution >= 4 is 21.6 Å². The summed E-state index contributed by atoms with van der Waals surface area (Å²) in [5.74, 6) is -0.327. The van der Waals surface area contributed by atoms with Gasteiger partial charge < -0.3 is 11.1 Å². The second-order valence-electron chi connectivity index (χ2n) is 5.31. The van der Waals surface area contributed by atoms with Crippen LogP contribution in [0.25, 0.3) is 0 Å². The fraction of sp³-hybridized carbons (Fsp3) is 0.500. The lowest BCUT2D eigenvalue weighted by Crippen LogP contribution is -2.48.